The summed E-state index contributed by atoms with van der Waals surface area (Å²) in [5.41, 5.74) is -0.169. The van der Waals surface area contributed by atoms with Gasteiger partial charge in [0.15, 0.2) is 0 Å². The number of aliphatic hydroxyl groups is 2. The molecule has 96 valence electrons. The lowest BCUT2D eigenvalue weighted by Gasteiger charge is -2.10. The number of hydrogen-bond acceptors (Lipinski definition) is 6. The first-order chi connectivity index (χ1) is 7.90. The highest BCUT2D eigenvalue weighted by Crippen LogP contribution is 2.09. The fourth-order valence-electron chi connectivity index (χ4n) is 0.795. The number of rotatable bonds is 6. The first-order valence-corrected chi connectivity index (χ1v) is 4.96. The lowest BCUT2D eigenvalue weighted by Crippen LogP contribution is -2.21. The summed E-state index contributed by atoms with van der Waals surface area (Å²) in [4.78, 5) is 30.4. The maximum absolute atomic E-state index is 11.2. The van der Waals surface area contributed by atoms with Crippen molar-refractivity contribution in [3.63, 3.8) is 0 Å². The summed E-state index contributed by atoms with van der Waals surface area (Å²) in [5.74, 6) is -1.92. The Morgan fingerprint density at radius 2 is 1.76 bits per heavy atom. The van der Waals surface area contributed by atoms with Gasteiger partial charge in [-0.1, -0.05) is 13.2 Å². The Hall–Kier alpha value is -1.66. The second kappa shape index (κ2) is 7.59. The summed E-state index contributed by atoms with van der Waals surface area (Å²) in [6.07, 6.45) is -0.657. The number of aliphatic hydroxyl groups excluding tert-OH is 2. The van der Waals surface area contributed by atoms with E-state index in [1.165, 1.54) is 6.92 Å². The minimum atomic E-state index is -1.14. The highest BCUT2D eigenvalue weighted by atomic mass is 17.2. The van der Waals surface area contributed by atoms with Crippen molar-refractivity contribution in [3.8, 4) is 0 Å². The van der Waals surface area contributed by atoms with Crippen molar-refractivity contribution in [2.45, 2.75) is 25.9 Å². The minimum Gasteiger partial charge on any atom is -0.396 e. The van der Waals surface area contributed by atoms with Crippen molar-refractivity contribution in [2.24, 2.45) is 0 Å². The molecule has 0 aromatic rings. The van der Waals surface area contributed by atoms with Crippen molar-refractivity contribution in [1.82, 2.24) is 0 Å². The molecule has 0 aliphatic heterocycles. The lowest BCUT2D eigenvalue weighted by molar-refractivity contribution is -0.252. The van der Waals surface area contributed by atoms with E-state index < -0.39 is 18.0 Å². The highest BCUT2D eigenvalue weighted by molar-refractivity contribution is 5.90. The third-order valence-electron chi connectivity index (χ3n) is 1.84. The van der Waals surface area contributed by atoms with E-state index in [1.807, 2.05) is 0 Å². The van der Waals surface area contributed by atoms with Crippen LogP contribution in [0.2, 0.25) is 0 Å². The zero-order valence-electron chi connectivity index (χ0n) is 9.64. The molecule has 0 aliphatic rings. The average Bonchev–Trinajstić information content (AvgIpc) is 2.31. The van der Waals surface area contributed by atoms with Crippen LogP contribution in [-0.2, 0) is 19.4 Å². The van der Waals surface area contributed by atoms with Crippen LogP contribution in [0, 0.1) is 0 Å². The quantitative estimate of drug-likeness (QED) is 0.395. The number of hydrogen-bond donors (Lipinski definition) is 2. The molecule has 2 N–H and O–H groups in total. The molecule has 1 unspecified atom stereocenters. The Morgan fingerprint density at radius 3 is 2.24 bits per heavy atom. The van der Waals surface area contributed by atoms with E-state index in [0.29, 0.717) is 6.42 Å². The zero-order chi connectivity index (χ0) is 13.4. The molecule has 0 saturated heterocycles. The highest BCUT2D eigenvalue weighted by Gasteiger charge is 2.20. The molecule has 6 heteroatoms. The predicted octanol–water partition coefficient (Wildman–Crippen LogP) is 0.253. The Bertz CT molecular complexity index is 320. The van der Waals surface area contributed by atoms with E-state index in [4.69, 9.17) is 5.11 Å². The largest absolute Gasteiger partial charge is 0.396 e. The fraction of sp³-hybridized carbons (Fsp3) is 0.455. The van der Waals surface area contributed by atoms with Gasteiger partial charge >= 0.3 is 11.9 Å². The van der Waals surface area contributed by atoms with E-state index in [9.17, 15) is 14.7 Å². The molecule has 0 spiro atoms. The second-order valence-corrected chi connectivity index (χ2v) is 3.43. The first kappa shape index (κ1) is 15.3. The van der Waals surface area contributed by atoms with Gasteiger partial charge < -0.3 is 10.2 Å². The molecular weight excluding hydrogens is 228 g/mol. The van der Waals surface area contributed by atoms with Gasteiger partial charge in [0.25, 0.3) is 0 Å². The van der Waals surface area contributed by atoms with Crippen molar-refractivity contribution < 1.29 is 29.6 Å². The fourth-order valence-corrected chi connectivity index (χ4v) is 0.795. The Labute approximate surface area is 99.1 Å². The minimum absolute atomic E-state index is 0.0734. The molecule has 0 aliphatic carbocycles. The van der Waals surface area contributed by atoms with Crippen LogP contribution in [0.3, 0.4) is 0 Å². The number of carbonyl (C=O) groups excluding carboxylic acids is 2. The lowest BCUT2D eigenvalue weighted by atomic mass is 10.1. The van der Waals surface area contributed by atoms with Crippen molar-refractivity contribution >= 4 is 11.9 Å². The number of carbonyl (C=O) groups is 2. The Balaban J connectivity index is 4.10. The van der Waals surface area contributed by atoms with E-state index in [1.54, 1.807) is 0 Å². The Kier molecular flexibility index (Phi) is 6.85. The van der Waals surface area contributed by atoms with Gasteiger partial charge in [-0.2, -0.15) is 0 Å². The maximum Gasteiger partial charge on any atom is 0.384 e. The summed E-state index contributed by atoms with van der Waals surface area (Å²) in [7, 11) is 0. The summed E-state index contributed by atoms with van der Waals surface area (Å²) < 4.78 is 0. The van der Waals surface area contributed by atoms with Gasteiger partial charge in [-0.25, -0.2) is 19.4 Å². The van der Waals surface area contributed by atoms with Gasteiger partial charge in [-0.3, -0.25) is 0 Å². The summed E-state index contributed by atoms with van der Waals surface area (Å²) >= 11 is 0. The predicted molar refractivity (Wildman–Crippen MR) is 58.5 cm³/mol. The molecule has 17 heavy (non-hydrogen) atoms. The first-order valence-electron chi connectivity index (χ1n) is 4.96. The molecule has 1 atom stereocenters. The molecular formula is C11H16O6. The molecule has 6 nitrogen and oxygen atoms in total. The molecule has 0 radical (unpaired) electrons. The van der Waals surface area contributed by atoms with Gasteiger partial charge in [-0.15, -0.1) is 0 Å². The molecule has 0 heterocycles. The molecule has 0 aromatic heterocycles. The monoisotopic (exact) mass is 244 g/mol. The smallest absolute Gasteiger partial charge is 0.384 e. The van der Waals surface area contributed by atoms with Gasteiger partial charge in [0.05, 0.1) is 11.7 Å². The molecule has 0 amide bonds. The van der Waals surface area contributed by atoms with Crippen LogP contribution < -0.4 is 0 Å². The summed E-state index contributed by atoms with van der Waals surface area (Å²) in [6.45, 7) is 7.88. The van der Waals surface area contributed by atoms with Gasteiger partial charge in [-0.05, 0) is 19.8 Å². The average molecular weight is 244 g/mol. The standard InChI is InChI=1S/C11H16O6/c1-7(2)10(14)16-17-11(15)8(3)9(13)5-4-6-12/h9,12-13H,1,3-6H2,2H3. The van der Waals surface area contributed by atoms with Crippen LogP contribution >= 0.6 is 0 Å². The van der Waals surface area contributed by atoms with Gasteiger partial charge in [0, 0.05) is 12.2 Å². The van der Waals surface area contributed by atoms with E-state index in [0.717, 1.165) is 0 Å². The summed E-state index contributed by atoms with van der Waals surface area (Å²) in [5, 5.41) is 18.0. The maximum atomic E-state index is 11.2. The third-order valence-corrected chi connectivity index (χ3v) is 1.84. The topological polar surface area (TPSA) is 93.1 Å². The van der Waals surface area contributed by atoms with Crippen molar-refractivity contribution in [3.05, 3.63) is 24.3 Å². The van der Waals surface area contributed by atoms with Crippen LogP contribution in [0.1, 0.15) is 19.8 Å². The van der Waals surface area contributed by atoms with Crippen molar-refractivity contribution in [2.75, 3.05) is 6.61 Å². The van der Waals surface area contributed by atoms with Crippen LogP contribution in [0.25, 0.3) is 0 Å². The molecule has 0 aromatic carbocycles. The van der Waals surface area contributed by atoms with Crippen LogP contribution in [0.4, 0.5) is 0 Å². The normalized spacial score (nSPS) is 11.5. The third kappa shape index (κ3) is 5.84. The second-order valence-electron chi connectivity index (χ2n) is 3.43. The van der Waals surface area contributed by atoms with Gasteiger partial charge in [0.2, 0.25) is 0 Å². The van der Waals surface area contributed by atoms with E-state index >= 15 is 0 Å². The Morgan fingerprint density at radius 1 is 1.24 bits per heavy atom. The molecule has 0 rings (SSSR count). The van der Waals surface area contributed by atoms with Crippen molar-refractivity contribution in [1.29, 1.82) is 0 Å². The van der Waals surface area contributed by atoms with E-state index in [-0.39, 0.29) is 24.2 Å². The molecule has 0 saturated carbocycles. The SMILES string of the molecule is C=C(C)C(=O)OOC(=O)C(=C)C(O)CCCO. The van der Waals surface area contributed by atoms with E-state index in [2.05, 4.69) is 22.9 Å². The summed E-state index contributed by atoms with van der Waals surface area (Å²) in [6, 6.07) is 0. The zero-order valence-corrected chi connectivity index (χ0v) is 9.64. The van der Waals surface area contributed by atoms with Crippen LogP contribution in [0.15, 0.2) is 24.3 Å². The molecule has 0 bridgehead atoms. The van der Waals surface area contributed by atoms with Gasteiger partial charge in [0.1, 0.15) is 0 Å². The van der Waals surface area contributed by atoms with Crippen LogP contribution in [0.5, 0.6) is 0 Å². The molecule has 0 fully saturated rings. The van der Waals surface area contributed by atoms with Crippen LogP contribution in [-0.4, -0.2) is 34.9 Å².